The minimum Gasteiger partial charge on any atom is -1.00 e. The topological polar surface area (TPSA) is 66.4 Å². The van der Waals surface area contributed by atoms with Gasteiger partial charge < -0.3 is 70.9 Å². The molecular formula is C19H46Cl4N4. The molecule has 0 aliphatic heterocycles. The third-order valence-electron chi connectivity index (χ3n) is 5.21. The Balaban J connectivity index is -0.000000661. The molecule has 0 spiro atoms. The summed E-state index contributed by atoms with van der Waals surface area (Å²) in [4.78, 5) is 0. The van der Waals surface area contributed by atoms with Crippen LogP contribution >= 0.6 is 0 Å². The fourth-order valence-corrected chi connectivity index (χ4v) is 3.67. The Morgan fingerprint density at radius 2 is 0.963 bits per heavy atom. The molecule has 0 amide bonds. The van der Waals surface area contributed by atoms with Gasteiger partial charge in [-0.25, -0.2) is 0 Å². The van der Waals surface area contributed by atoms with Gasteiger partial charge in [-0.2, -0.15) is 0 Å². The summed E-state index contributed by atoms with van der Waals surface area (Å²) in [5.41, 5.74) is 0. The van der Waals surface area contributed by atoms with E-state index in [0.717, 1.165) is 5.92 Å². The van der Waals surface area contributed by atoms with Crippen molar-refractivity contribution in [1.29, 1.82) is 0 Å². The Morgan fingerprint density at radius 3 is 1.41 bits per heavy atom. The fraction of sp³-hybridized carbons (Fsp3) is 1.00. The molecular weight excluding hydrogens is 426 g/mol. The molecule has 0 radical (unpaired) electrons. The van der Waals surface area contributed by atoms with Gasteiger partial charge in [0.2, 0.25) is 0 Å². The van der Waals surface area contributed by atoms with E-state index in [1.54, 1.807) is 0 Å². The lowest BCUT2D eigenvalue weighted by Gasteiger charge is -2.11. The molecule has 0 saturated heterocycles. The highest BCUT2D eigenvalue weighted by atomic mass is 35.5. The fourth-order valence-electron chi connectivity index (χ4n) is 3.67. The van der Waals surface area contributed by atoms with Crippen LogP contribution in [0.3, 0.4) is 0 Å². The molecule has 0 unspecified atom stereocenters. The van der Waals surface area contributed by atoms with Gasteiger partial charge in [0.15, 0.2) is 0 Å². The molecule has 8 heteroatoms. The minimum atomic E-state index is 0. The van der Waals surface area contributed by atoms with Gasteiger partial charge in [-0.1, -0.05) is 25.7 Å². The van der Waals surface area contributed by atoms with Crippen molar-refractivity contribution in [2.75, 3.05) is 52.4 Å². The van der Waals surface area contributed by atoms with E-state index in [1.807, 2.05) is 0 Å². The van der Waals surface area contributed by atoms with Crippen molar-refractivity contribution >= 4 is 0 Å². The summed E-state index contributed by atoms with van der Waals surface area (Å²) >= 11 is 0. The zero-order chi connectivity index (χ0) is 16.4. The molecule has 1 aliphatic rings. The van der Waals surface area contributed by atoms with Gasteiger partial charge >= 0.3 is 0 Å². The van der Waals surface area contributed by atoms with Gasteiger partial charge in [0.05, 0.1) is 52.4 Å². The van der Waals surface area contributed by atoms with Crippen molar-refractivity contribution in [3.63, 3.8) is 0 Å². The first-order chi connectivity index (χ1) is 11.4. The summed E-state index contributed by atoms with van der Waals surface area (Å²) < 4.78 is 0. The number of hydrogen-bond donors (Lipinski definition) is 4. The first-order valence-electron chi connectivity index (χ1n) is 10.7. The van der Waals surface area contributed by atoms with Crippen LogP contribution in [0.25, 0.3) is 0 Å². The van der Waals surface area contributed by atoms with E-state index in [9.17, 15) is 0 Å². The van der Waals surface area contributed by atoms with Crippen molar-refractivity contribution in [3.05, 3.63) is 0 Å². The van der Waals surface area contributed by atoms with Gasteiger partial charge in [-0.15, -0.1) is 0 Å². The third kappa shape index (κ3) is 25.0. The van der Waals surface area contributed by atoms with Crippen LogP contribution < -0.4 is 70.9 Å². The van der Waals surface area contributed by atoms with Crippen molar-refractivity contribution < 1.29 is 70.9 Å². The van der Waals surface area contributed by atoms with Gasteiger partial charge in [-0.3, -0.25) is 0 Å². The van der Waals surface area contributed by atoms with Crippen LogP contribution in [0.4, 0.5) is 0 Å². The molecule has 0 aromatic heterocycles. The highest BCUT2D eigenvalue weighted by molar-refractivity contribution is 4.62. The molecule has 0 atom stereocenters. The Hall–Kier alpha value is 1.00. The van der Waals surface area contributed by atoms with Gasteiger partial charge in [-0.05, 0) is 19.8 Å². The summed E-state index contributed by atoms with van der Waals surface area (Å²) in [5, 5.41) is 10.0. The maximum atomic E-state index is 2.59. The van der Waals surface area contributed by atoms with E-state index in [-0.39, 0.29) is 49.6 Å². The maximum absolute atomic E-state index is 2.59. The molecule has 1 fully saturated rings. The third-order valence-corrected chi connectivity index (χ3v) is 5.21. The minimum absolute atomic E-state index is 0. The van der Waals surface area contributed by atoms with Crippen molar-refractivity contribution in [2.45, 2.75) is 64.7 Å². The predicted molar refractivity (Wildman–Crippen MR) is 97.4 cm³/mol. The Morgan fingerprint density at radius 1 is 0.556 bits per heavy atom. The molecule has 0 heterocycles. The largest absolute Gasteiger partial charge is 1.00 e. The number of nitrogens with two attached hydrogens (primary N) is 4. The van der Waals surface area contributed by atoms with Crippen LogP contribution in [0.1, 0.15) is 64.7 Å². The van der Waals surface area contributed by atoms with Crippen LogP contribution in [0.5, 0.6) is 0 Å². The summed E-state index contributed by atoms with van der Waals surface area (Å²) in [6.07, 6.45) is 13.0. The molecule has 170 valence electrons. The second-order valence-electron chi connectivity index (χ2n) is 7.45. The van der Waals surface area contributed by atoms with Gasteiger partial charge in [0.1, 0.15) is 0 Å². The zero-order valence-electron chi connectivity index (χ0n) is 17.4. The summed E-state index contributed by atoms with van der Waals surface area (Å²) in [6.45, 7) is 12.8. The van der Waals surface area contributed by atoms with E-state index in [4.69, 9.17) is 0 Å². The van der Waals surface area contributed by atoms with Crippen LogP contribution in [0, 0.1) is 5.92 Å². The standard InChI is InChI=1S/C19H42N4.4ClH/c1-2-20-12-7-13-21-14-8-15-22-16-9-17-23-18-19-10-5-3-4-6-11-19;;;;/h19-23H,2-18H2,1H3;4*1H. The molecule has 1 saturated carbocycles. The lowest BCUT2D eigenvalue weighted by molar-refractivity contribution is -0.696. The van der Waals surface area contributed by atoms with Crippen LogP contribution in [-0.2, 0) is 0 Å². The van der Waals surface area contributed by atoms with Gasteiger partial charge in [0, 0.05) is 25.2 Å². The van der Waals surface area contributed by atoms with Crippen LogP contribution in [0.2, 0.25) is 0 Å². The second-order valence-corrected chi connectivity index (χ2v) is 7.45. The molecule has 0 aromatic rings. The SMILES string of the molecule is CC[NH2+]CCC[NH2+]CCC[NH2+]CCC[NH2+]CC1CCCCCC1.[Cl-].[Cl-].[Cl-].[Cl-]. The number of hydrogen-bond acceptors (Lipinski definition) is 0. The highest BCUT2D eigenvalue weighted by Crippen LogP contribution is 2.21. The van der Waals surface area contributed by atoms with E-state index in [0.29, 0.717) is 0 Å². The zero-order valence-corrected chi connectivity index (χ0v) is 20.4. The van der Waals surface area contributed by atoms with Crippen molar-refractivity contribution in [1.82, 2.24) is 0 Å². The average Bonchev–Trinajstić information content (AvgIpc) is 2.84. The number of rotatable bonds is 15. The van der Waals surface area contributed by atoms with Gasteiger partial charge in [0.25, 0.3) is 0 Å². The van der Waals surface area contributed by atoms with E-state index in [1.165, 1.54) is 110 Å². The number of quaternary nitrogens is 4. The lowest BCUT2D eigenvalue weighted by atomic mass is 10.0. The Labute approximate surface area is 193 Å². The van der Waals surface area contributed by atoms with E-state index < -0.39 is 0 Å². The number of halogens is 4. The summed E-state index contributed by atoms with van der Waals surface area (Å²) in [6, 6.07) is 0. The van der Waals surface area contributed by atoms with Crippen molar-refractivity contribution in [2.24, 2.45) is 5.92 Å². The predicted octanol–water partition coefficient (Wildman–Crippen LogP) is -13.6. The average molecular weight is 472 g/mol. The van der Waals surface area contributed by atoms with E-state index in [2.05, 4.69) is 28.2 Å². The normalized spacial score (nSPS) is 14.1. The monoisotopic (exact) mass is 470 g/mol. The molecule has 8 N–H and O–H groups in total. The molecule has 4 nitrogen and oxygen atoms in total. The maximum Gasteiger partial charge on any atom is 0.0809 e. The van der Waals surface area contributed by atoms with Crippen LogP contribution in [-0.4, -0.2) is 52.4 Å². The molecule has 27 heavy (non-hydrogen) atoms. The van der Waals surface area contributed by atoms with Crippen LogP contribution in [0.15, 0.2) is 0 Å². The second kappa shape index (κ2) is 29.2. The first kappa shape index (κ1) is 35.4. The molecule has 0 bridgehead atoms. The summed E-state index contributed by atoms with van der Waals surface area (Å²) in [5.74, 6) is 1.02. The Kier molecular flexibility index (Phi) is 38.3. The molecule has 1 rings (SSSR count). The van der Waals surface area contributed by atoms with Crippen molar-refractivity contribution in [3.8, 4) is 0 Å². The van der Waals surface area contributed by atoms with E-state index >= 15 is 0 Å². The molecule has 0 aromatic carbocycles. The first-order valence-corrected chi connectivity index (χ1v) is 10.7. The highest BCUT2D eigenvalue weighted by Gasteiger charge is 2.13. The smallest absolute Gasteiger partial charge is 0.0809 e. The molecule has 1 aliphatic carbocycles. The lowest BCUT2D eigenvalue weighted by Crippen LogP contribution is -3.00. The quantitative estimate of drug-likeness (QED) is 0.135. The summed E-state index contributed by atoms with van der Waals surface area (Å²) in [7, 11) is 0. The Bertz CT molecular complexity index is 244.